The van der Waals surface area contributed by atoms with Crippen LogP contribution in [0.3, 0.4) is 0 Å². The summed E-state index contributed by atoms with van der Waals surface area (Å²) in [4.78, 5) is 16.1. The summed E-state index contributed by atoms with van der Waals surface area (Å²) in [5, 5.41) is 6.45. The molecule has 2 heterocycles. The Balaban J connectivity index is 1.74. The third-order valence-corrected chi connectivity index (χ3v) is 3.89. The predicted molar refractivity (Wildman–Crippen MR) is 92.2 cm³/mol. The number of hydrogen-bond donors (Lipinski definition) is 1. The highest BCUT2D eigenvalue weighted by molar-refractivity contribution is 6.05. The highest BCUT2D eigenvalue weighted by atomic mass is 19.4. The van der Waals surface area contributed by atoms with Crippen molar-refractivity contribution < 1.29 is 35.9 Å². The van der Waals surface area contributed by atoms with Crippen LogP contribution in [0.1, 0.15) is 21.6 Å². The summed E-state index contributed by atoms with van der Waals surface area (Å²) in [6.07, 6.45) is -7.51. The van der Waals surface area contributed by atoms with Crippen LogP contribution in [0.5, 0.6) is 5.75 Å². The van der Waals surface area contributed by atoms with Gasteiger partial charge in [-0.1, -0.05) is 0 Å². The van der Waals surface area contributed by atoms with Crippen LogP contribution < -0.4 is 10.1 Å². The standard InChI is InChI=1S/C18H12F6N4O2/c1-10-14(9-26-28(10)15-7-2-11(8-25-15)17(19,20)21)16(29)27-12-3-5-13(6-4-12)30-18(22,23)24/h2-9H,1H3,(H,27,29). The molecule has 0 spiro atoms. The van der Waals surface area contributed by atoms with Crippen LogP contribution in [0.25, 0.3) is 5.82 Å². The smallest absolute Gasteiger partial charge is 0.406 e. The molecular formula is C18H12F6N4O2. The first kappa shape index (κ1) is 21.1. The molecule has 0 saturated carbocycles. The van der Waals surface area contributed by atoms with Gasteiger partial charge in [-0.15, -0.1) is 13.2 Å². The second-order valence-corrected chi connectivity index (χ2v) is 5.98. The second-order valence-electron chi connectivity index (χ2n) is 5.98. The van der Waals surface area contributed by atoms with Crippen molar-refractivity contribution in [2.24, 2.45) is 0 Å². The monoisotopic (exact) mass is 430 g/mol. The summed E-state index contributed by atoms with van der Waals surface area (Å²) in [5.74, 6) is -0.985. The lowest BCUT2D eigenvalue weighted by atomic mass is 10.2. The third kappa shape index (κ3) is 4.88. The molecule has 0 fully saturated rings. The largest absolute Gasteiger partial charge is 0.573 e. The number of carbonyl (C=O) groups is 1. The molecule has 0 unspecified atom stereocenters. The minimum Gasteiger partial charge on any atom is -0.406 e. The molecule has 3 rings (SSSR count). The highest BCUT2D eigenvalue weighted by Gasteiger charge is 2.31. The van der Waals surface area contributed by atoms with Crippen molar-refractivity contribution >= 4 is 11.6 Å². The number of aromatic nitrogens is 3. The van der Waals surface area contributed by atoms with Crippen molar-refractivity contribution in [2.45, 2.75) is 19.5 Å². The highest BCUT2D eigenvalue weighted by Crippen LogP contribution is 2.29. The molecule has 0 radical (unpaired) electrons. The molecular weight excluding hydrogens is 418 g/mol. The van der Waals surface area contributed by atoms with Gasteiger partial charge in [-0.05, 0) is 43.3 Å². The molecule has 0 saturated heterocycles. The van der Waals surface area contributed by atoms with E-state index in [4.69, 9.17) is 0 Å². The predicted octanol–water partition coefficient (Wildman–Crippen LogP) is 4.75. The number of rotatable bonds is 4. The van der Waals surface area contributed by atoms with Crippen LogP contribution in [0.15, 0.2) is 48.8 Å². The number of halogens is 6. The van der Waals surface area contributed by atoms with Crippen molar-refractivity contribution in [1.82, 2.24) is 14.8 Å². The van der Waals surface area contributed by atoms with Gasteiger partial charge >= 0.3 is 12.5 Å². The molecule has 6 nitrogen and oxygen atoms in total. The molecule has 12 heteroatoms. The van der Waals surface area contributed by atoms with Gasteiger partial charge in [0.05, 0.1) is 23.0 Å². The third-order valence-electron chi connectivity index (χ3n) is 3.89. The fourth-order valence-electron chi connectivity index (χ4n) is 2.48. The normalized spacial score (nSPS) is 12.0. The van der Waals surface area contributed by atoms with Gasteiger partial charge in [-0.3, -0.25) is 4.79 Å². The number of amides is 1. The Kier molecular flexibility index (Phi) is 5.42. The van der Waals surface area contributed by atoms with Gasteiger partial charge in [-0.2, -0.15) is 18.3 Å². The molecule has 1 N–H and O–H groups in total. The number of alkyl halides is 6. The first-order chi connectivity index (χ1) is 13.9. The quantitative estimate of drug-likeness (QED) is 0.607. The van der Waals surface area contributed by atoms with Crippen LogP contribution in [0.4, 0.5) is 32.0 Å². The van der Waals surface area contributed by atoms with E-state index in [9.17, 15) is 31.1 Å². The van der Waals surface area contributed by atoms with Gasteiger partial charge in [0, 0.05) is 11.9 Å². The lowest BCUT2D eigenvalue weighted by molar-refractivity contribution is -0.274. The first-order valence-corrected chi connectivity index (χ1v) is 8.19. The van der Waals surface area contributed by atoms with E-state index in [-0.39, 0.29) is 17.1 Å². The van der Waals surface area contributed by atoms with E-state index in [1.165, 1.54) is 29.9 Å². The lowest BCUT2D eigenvalue weighted by Gasteiger charge is -2.10. The molecule has 0 bridgehead atoms. The molecule has 0 aliphatic rings. The molecule has 0 atom stereocenters. The van der Waals surface area contributed by atoms with Gasteiger partial charge < -0.3 is 10.1 Å². The topological polar surface area (TPSA) is 69.0 Å². The molecule has 0 aliphatic carbocycles. The van der Waals surface area contributed by atoms with Crippen LogP contribution >= 0.6 is 0 Å². The number of ether oxygens (including phenoxy) is 1. The molecule has 3 aromatic rings. The van der Waals surface area contributed by atoms with E-state index in [1.54, 1.807) is 0 Å². The minimum absolute atomic E-state index is 0.0770. The number of benzene rings is 1. The van der Waals surface area contributed by atoms with E-state index in [0.717, 1.165) is 24.3 Å². The molecule has 30 heavy (non-hydrogen) atoms. The number of nitrogens with zero attached hydrogens (tertiary/aromatic N) is 3. The Labute approximate surface area is 165 Å². The van der Waals surface area contributed by atoms with Gasteiger partial charge in [0.15, 0.2) is 5.82 Å². The Morgan fingerprint density at radius 3 is 2.20 bits per heavy atom. The maximum absolute atomic E-state index is 12.6. The Bertz CT molecular complexity index is 1040. The van der Waals surface area contributed by atoms with Gasteiger partial charge in [0.1, 0.15) is 5.75 Å². The summed E-state index contributed by atoms with van der Waals surface area (Å²) >= 11 is 0. The molecule has 158 valence electrons. The number of hydrogen-bond acceptors (Lipinski definition) is 4. The van der Waals surface area contributed by atoms with E-state index in [1.807, 2.05) is 0 Å². The fourth-order valence-corrected chi connectivity index (χ4v) is 2.48. The minimum atomic E-state index is -4.83. The SMILES string of the molecule is Cc1c(C(=O)Nc2ccc(OC(F)(F)F)cc2)cnn1-c1ccc(C(F)(F)F)cn1. The van der Waals surface area contributed by atoms with Crippen molar-refractivity contribution in [2.75, 3.05) is 5.32 Å². The Morgan fingerprint density at radius 2 is 1.67 bits per heavy atom. The van der Waals surface area contributed by atoms with Crippen LogP contribution in [-0.2, 0) is 6.18 Å². The molecule has 1 amide bonds. The summed E-state index contributed by atoms with van der Waals surface area (Å²) in [6.45, 7) is 1.52. The van der Waals surface area contributed by atoms with Crippen LogP contribution in [0, 0.1) is 6.92 Å². The zero-order valence-electron chi connectivity index (χ0n) is 15.0. The van der Waals surface area contributed by atoms with E-state index < -0.39 is 29.8 Å². The van der Waals surface area contributed by atoms with Crippen LogP contribution in [-0.4, -0.2) is 27.0 Å². The van der Waals surface area contributed by atoms with E-state index in [0.29, 0.717) is 11.9 Å². The first-order valence-electron chi connectivity index (χ1n) is 8.19. The van der Waals surface area contributed by atoms with Gasteiger partial charge in [0.25, 0.3) is 5.91 Å². The second kappa shape index (κ2) is 7.69. The Hall–Kier alpha value is -3.57. The summed E-state index contributed by atoms with van der Waals surface area (Å²) in [5.41, 5.74) is -0.314. The van der Waals surface area contributed by atoms with Gasteiger partial charge in [-0.25, -0.2) is 9.67 Å². The number of nitrogens with one attached hydrogen (secondary N) is 1. The number of pyridine rings is 1. The maximum atomic E-state index is 12.6. The zero-order chi connectivity index (χ0) is 22.1. The summed E-state index contributed by atoms with van der Waals surface area (Å²) in [7, 11) is 0. The van der Waals surface area contributed by atoms with Gasteiger partial charge in [0.2, 0.25) is 0 Å². The summed E-state index contributed by atoms with van der Waals surface area (Å²) < 4.78 is 79.4. The van der Waals surface area contributed by atoms with Crippen LogP contribution in [0.2, 0.25) is 0 Å². The van der Waals surface area contributed by atoms with Crippen molar-refractivity contribution in [3.63, 3.8) is 0 Å². The molecule has 0 aliphatic heterocycles. The Morgan fingerprint density at radius 1 is 1.00 bits per heavy atom. The molecule has 1 aromatic carbocycles. The van der Waals surface area contributed by atoms with E-state index >= 15 is 0 Å². The number of anilines is 1. The maximum Gasteiger partial charge on any atom is 0.573 e. The number of carbonyl (C=O) groups excluding carboxylic acids is 1. The fraction of sp³-hybridized carbons (Fsp3) is 0.167. The van der Waals surface area contributed by atoms with Crippen molar-refractivity contribution in [1.29, 1.82) is 0 Å². The van der Waals surface area contributed by atoms with E-state index in [2.05, 4.69) is 20.1 Å². The average Bonchev–Trinajstić information content (AvgIpc) is 3.03. The zero-order valence-corrected chi connectivity index (χ0v) is 15.0. The van der Waals surface area contributed by atoms with Crippen molar-refractivity contribution in [3.8, 4) is 11.6 Å². The average molecular weight is 430 g/mol. The van der Waals surface area contributed by atoms with Crippen molar-refractivity contribution in [3.05, 3.63) is 65.6 Å². The summed E-state index contributed by atoms with van der Waals surface area (Å²) in [6, 6.07) is 6.46. The lowest BCUT2D eigenvalue weighted by Crippen LogP contribution is -2.17. The molecule has 2 aromatic heterocycles.